The van der Waals surface area contributed by atoms with Crippen LogP contribution in [0.15, 0.2) is 60.7 Å². The molecule has 0 N–H and O–H groups in total. The molecule has 0 fully saturated rings. The molecule has 0 bridgehead atoms. The molecule has 3 aromatic rings. The van der Waals surface area contributed by atoms with Crippen LogP contribution in [-0.4, -0.2) is 4.57 Å². The maximum absolute atomic E-state index is 6.06. The molecule has 1 nitrogen and oxygen atoms in total. The van der Waals surface area contributed by atoms with Crippen molar-refractivity contribution in [1.82, 2.24) is 4.57 Å². The molecular weight excluding hydrogens is 289 g/mol. The molecule has 0 amide bonds. The topological polar surface area (TPSA) is 4.93 Å². The van der Waals surface area contributed by atoms with Gasteiger partial charge in [0.05, 0.1) is 0 Å². The van der Waals surface area contributed by atoms with Crippen molar-refractivity contribution in [3.8, 4) is 22.5 Å². The molecule has 0 unspecified atom stereocenters. The van der Waals surface area contributed by atoms with Crippen molar-refractivity contribution in [1.29, 1.82) is 0 Å². The van der Waals surface area contributed by atoms with Crippen LogP contribution in [0.25, 0.3) is 22.5 Å². The van der Waals surface area contributed by atoms with Gasteiger partial charge in [-0.15, -0.1) is 0 Å². The highest BCUT2D eigenvalue weighted by atomic mass is 35.5. The van der Waals surface area contributed by atoms with E-state index < -0.39 is 0 Å². The average molecular weight is 302 g/mol. The molecule has 100 valence electrons. The third kappa shape index (κ3) is 2.47. The van der Waals surface area contributed by atoms with Gasteiger partial charge in [-0.3, -0.25) is 0 Å². The van der Waals surface area contributed by atoms with Gasteiger partial charge in [-0.05, 0) is 47.5 Å². The summed E-state index contributed by atoms with van der Waals surface area (Å²) in [6, 6.07) is 19.9. The first-order chi connectivity index (χ1) is 9.65. The molecule has 0 aliphatic rings. The summed E-state index contributed by atoms with van der Waals surface area (Å²) in [5.41, 5.74) is 4.46. The number of rotatable bonds is 2. The van der Waals surface area contributed by atoms with Crippen molar-refractivity contribution in [2.45, 2.75) is 0 Å². The zero-order valence-electron chi connectivity index (χ0n) is 11.0. The van der Waals surface area contributed by atoms with Crippen LogP contribution in [-0.2, 0) is 7.05 Å². The molecule has 20 heavy (non-hydrogen) atoms. The van der Waals surface area contributed by atoms with Crippen LogP contribution in [0.4, 0.5) is 0 Å². The van der Waals surface area contributed by atoms with Gasteiger partial charge in [0, 0.05) is 28.5 Å². The van der Waals surface area contributed by atoms with E-state index >= 15 is 0 Å². The normalized spacial score (nSPS) is 10.8. The minimum atomic E-state index is 0.744. The van der Waals surface area contributed by atoms with E-state index in [4.69, 9.17) is 23.2 Å². The zero-order valence-corrected chi connectivity index (χ0v) is 12.5. The van der Waals surface area contributed by atoms with E-state index in [9.17, 15) is 0 Å². The van der Waals surface area contributed by atoms with Crippen molar-refractivity contribution in [2.75, 3.05) is 0 Å². The van der Waals surface area contributed by atoms with Gasteiger partial charge in [0.1, 0.15) is 0 Å². The molecule has 0 aliphatic heterocycles. The second-order valence-electron chi connectivity index (χ2n) is 4.68. The van der Waals surface area contributed by atoms with Gasteiger partial charge in [0.2, 0.25) is 0 Å². The lowest BCUT2D eigenvalue weighted by Crippen LogP contribution is -1.94. The minimum absolute atomic E-state index is 0.744. The smallest absolute Gasteiger partial charge is 0.0483 e. The monoisotopic (exact) mass is 301 g/mol. The molecule has 0 aliphatic carbocycles. The van der Waals surface area contributed by atoms with Gasteiger partial charge in [-0.2, -0.15) is 0 Å². The average Bonchev–Trinajstić information content (AvgIpc) is 2.80. The summed E-state index contributed by atoms with van der Waals surface area (Å²) in [5, 5.41) is 1.49. The second-order valence-corrected chi connectivity index (χ2v) is 5.56. The fourth-order valence-electron chi connectivity index (χ4n) is 2.39. The Morgan fingerprint density at radius 2 is 1.15 bits per heavy atom. The van der Waals surface area contributed by atoms with Gasteiger partial charge in [0.15, 0.2) is 0 Å². The predicted octanol–water partition coefficient (Wildman–Crippen LogP) is 5.67. The predicted molar refractivity (Wildman–Crippen MR) is 86.3 cm³/mol. The maximum Gasteiger partial charge on any atom is 0.0483 e. The van der Waals surface area contributed by atoms with Crippen molar-refractivity contribution in [3.05, 3.63) is 70.7 Å². The Morgan fingerprint density at radius 1 is 0.700 bits per heavy atom. The van der Waals surface area contributed by atoms with E-state index in [1.165, 1.54) is 0 Å². The molecule has 1 aromatic heterocycles. The Balaban J connectivity index is 2.09. The summed E-state index contributed by atoms with van der Waals surface area (Å²) in [6.45, 7) is 0. The highest BCUT2D eigenvalue weighted by Crippen LogP contribution is 2.30. The van der Waals surface area contributed by atoms with Crippen LogP contribution < -0.4 is 0 Å². The molecule has 3 rings (SSSR count). The fraction of sp³-hybridized carbons (Fsp3) is 0.0588. The lowest BCUT2D eigenvalue weighted by atomic mass is 10.1. The molecule has 2 aromatic carbocycles. The summed E-state index contributed by atoms with van der Waals surface area (Å²) >= 11 is 12.1. The van der Waals surface area contributed by atoms with Gasteiger partial charge >= 0.3 is 0 Å². The van der Waals surface area contributed by atoms with E-state index in [-0.39, 0.29) is 0 Å². The first kappa shape index (κ1) is 13.3. The minimum Gasteiger partial charge on any atom is -0.344 e. The van der Waals surface area contributed by atoms with Crippen LogP contribution >= 0.6 is 23.2 Å². The number of halogens is 2. The number of nitrogens with zero attached hydrogens (tertiary/aromatic N) is 1. The number of aromatic nitrogens is 1. The Hall–Kier alpha value is -1.70. The summed E-state index contributed by atoms with van der Waals surface area (Å²) in [6.07, 6.45) is 0. The second kappa shape index (κ2) is 5.35. The Kier molecular flexibility index (Phi) is 3.56. The van der Waals surface area contributed by atoms with Gasteiger partial charge in [0.25, 0.3) is 0 Å². The number of hydrogen-bond acceptors (Lipinski definition) is 0. The highest BCUT2D eigenvalue weighted by Gasteiger charge is 2.09. The van der Waals surface area contributed by atoms with E-state index in [1.807, 2.05) is 43.4 Å². The van der Waals surface area contributed by atoms with Crippen LogP contribution in [0.5, 0.6) is 0 Å². The van der Waals surface area contributed by atoms with Crippen LogP contribution in [0, 0.1) is 0 Å². The van der Waals surface area contributed by atoms with E-state index in [2.05, 4.69) is 28.8 Å². The lowest BCUT2D eigenvalue weighted by Gasteiger charge is -2.09. The SMILES string of the molecule is Cn1c(-c2cccc(Cl)c2)ccc1-c1cccc(Cl)c1. The van der Waals surface area contributed by atoms with Crippen LogP contribution in [0.3, 0.4) is 0 Å². The molecule has 0 saturated carbocycles. The van der Waals surface area contributed by atoms with Crippen molar-refractivity contribution < 1.29 is 0 Å². The lowest BCUT2D eigenvalue weighted by molar-refractivity contribution is 0.946. The number of benzene rings is 2. The van der Waals surface area contributed by atoms with E-state index in [1.54, 1.807) is 0 Å². The molecule has 0 radical (unpaired) electrons. The third-order valence-corrected chi connectivity index (χ3v) is 3.83. The van der Waals surface area contributed by atoms with Crippen molar-refractivity contribution in [3.63, 3.8) is 0 Å². The Bertz CT molecular complexity index is 696. The standard InChI is InChI=1S/C17H13Cl2N/c1-20-16(12-4-2-6-14(18)10-12)8-9-17(20)13-5-3-7-15(19)11-13/h2-11H,1H3. The van der Waals surface area contributed by atoms with Crippen molar-refractivity contribution in [2.24, 2.45) is 7.05 Å². The number of hydrogen-bond donors (Lipinski definition) is 0. The summed E-state index contributed by atoms with van der Waals surface area (Å²) < 4.78 is 2.15. The van der Waals surface area contributed by atoms with Crippen molar-refractivity contribution >= 4 is 23.2 Å². The van der Waals surface area contributed by atoms with E-state index in [0.717, 1.165) is 32.6 Å². The first-order valence-corrected chi connectivity index (χ1v) is 7.08. The first-order valence-electron chi connectivity index (χ1n) is 6.33. The zero-order chi connectivity index (χ0) is 14.1. The largest absolute Gasteiger partial charge is 0.344 e. The van der Waals surface area contributed by atoms with E-state index in [0.29, 0.717) is 0 Å². The third-order valence-electron chi connectivity index (χ3n) is 3.36. The molecule has 3 heteroatoms. The van der Waals surface area contributed by atoms with Gasteiger partial charge in [-0.1, -0.05) is 47.5 Å². The van der Waals surface area contributed by atoms with Crippen LogP contribution in [0.1, 0.15) is 0 Å². The molecule has 0 atom stereocenters. The maximum atomic E-state index is 6.06. The van der Waals surface area contributed by atoms with Crippen LogP contribution in [0.2, 0.25) is 10.0 Å². The Labute approximate surface area is 128 Å². The highest BCUT2D eigenvalue weighted by molar-refractivity contribution is 6.31. The van der Waals surface area contributed by atoms with Gasteiger partial charge < -0.3 is 4.57 Å². The molecule has 0 saturated heterocycles. The summed E-state index contributed by atoms with van der Waals surface area (Å²) in [4.78, 5) is 0. The summed E-state index contributed by atoms with van der Waals surface area (Å²) in [5.74, 6) is 0. The summed E-state index contributed by atoms with van der Waals surface area (Å²) in [7, 11) is 2.05. The molecule has 0 spiro atoms. The fourth-order valence-corrected chi connectivity index (χ4v) is 2.77. The quantitative estimate of drug-likeness (QED) is 0.575. The van der Waals surface area contributed by atoms with Gasteiger partial charge in [-0.25, -0.2) is 0 Å². The molecule has 1 heterocycles. The molecular formula is C17H13Cl2N. The Morgan fingerprint density at radius 3 is 1.55 bits per heavy atom.